The van der Waals surface area contributed by atoms with Crippen LogP contribution in [0.15, 0.2) is 21.9 Å². The van der Waals surface area contributed by atoms with Crippen LogP contribution in [0.1, 0.15) is 0 Å². The number of phenols is 2. The number of phenolic OH excluding ortho intramolecular Hbond substituents is 2. The van der Waals surface area contributed by atoms with Crippen molar-refractivity contribution >= 4 is 25.3 Å². The Hall–Kier alpha value is -0.480. The molecule has 0 unspecified atom stereocenters. The van der Waals surface area contributed by atoms with E-state index in [1.54, 1.807) is 0 Å². The van der Waals surface area contributed by atoms with Gasteiger partial charge in [-0.25, -0.2) is 0 Å². The molecule has 4 heteroatoms. The fourth-order valence-corrected chi connectivity index (χ4v) is 1.04. The Balaban J connectivity index is 3.28. The number of thiol groups is 2. The molecule has 0 amide bonds. The zero-order chi connectivity index (χ0) is 7.72. The van der Waals surface area contributed by atoms with Gasteiger partial charge in [0.15, 0.2) is 0 Å². The van der Waals surface area contributed by atoms with Crippen molar-refractivity contribution in [2.24, 2.45) is 0 Å². The van der Waals surface area contributed by atoms with Gasteiger partial charge in [-0.2, -0.15) is 0 Å². The van der Waals surface area contributed by atoms with Crippen LogP contribution in [-0.4, -0.2) is 10.2 Å². The lowest BCUT2D eigenvalue weighted by Gasteiger charge is -2.00. The minimum absolute atomic E-state index is 0.0429. The Morgan fingerprint density at radius 2 is 1.30 bits per heavy atom. The first-order chi connectivity index (χ1) is 4.61. The van der Waals surface area contributed by atoms with E-state index in [9.17, 15) is 0 Å². The van der Waals surface area contributed by atoms with E-state index >= 15 is 0 Å². The molecule has 54 valence electrons. The fourth-order valence-electron chi connectivity index (χ4n) is 0.555. The smallest absolute Gasteiger partial charge is 0.132 e. The Morgan fingerprint density at radius 3 is 1.60 bits per heavy atom. The van der Waals surface area contributed by atoms with Crippen molar-refractivity contribution in [3.8, 4) is 11.5 Å². The maximum Gasteiger partial charge on any atom is 0.132 e. The molecule has 0 fully saturated rings. The Morgan fingerprint density at radius 1 is 0.900 bits per heavy atom. The van der Waals surface area contributed by atoms with Crippen molar-refractivity contribution in [3.05, 3.63) is 12.1 Å². The molecule has 1 aromatic rings. The topological polar surface area (TPSA) is 40.5 Å². The SMILES string of the molecule is Oc1cc(O)c(S)cc1S. The Labute approximate surface area is 69.3 Å². The average molecular weight is 174 g/mol. The Bertz CT molecular complexity index is 210. The zero-order valence-corrected chi connectivity index (χ0v) is 6.73. The lowest BCUT2D eigenvalue weighted by atomic mass is 10.3. The second-order valence-corrected chi connectivity index (χ2v) is 2.79. The second kappa shape index (κ2) is 2.64. The summed E-state index contributed by atoms with van der Waals surface area (Å²) in [5.74, 6) is -0.0859. The van der Waals surface area contributed by atoms with Gasteiger partial charge in [0, 0.05) is 15.9 Å². The van der Waals surface area contributed by atoms with Gasteiger partial charge in [0.2, 0.25) is 0 Å². The quantitative estimate of drug-likeness (QED) is 0.452. The van der Waals surface area contributed by atoms with E-state index in [-0.39, 0.29) is 11.5 Å². The highest BCUT2D eigenvalue weighted by molar-refractivity contribution is 7.81. The monoisotopic (exact) mass is 174 g/mol. The van der Waals surface area contributed by atoms with E-state index in [2.05, 4.69) is 25.3 Å². The zero-order valence-electron chi connectivity index (χ0n) is 4.94. The van der Waals surface area contributed by atoms with Gasteiger partial charge in [0.25, 0.3) is 0 Å². The molecule has 0 saturated heterocycles. The second-order valence-electron chi connectivity index (χ2n) is 1.83. The molecule has 0 atom stereocenters. The fraction of sp³-hybridized carbons (Fsp3) is 0. The first kappa shape index (κ1) is 7.63. The van der Waals surface area contributed by atoms with Crippen molar-refractivity contribution < 1.29 is 10.2 Å². The van der Waals surface area contributed by atoms with E-state index in [0.29, 0.717) is 9.79 Å². The number of aromatic hydroxyl groups is 2. The highest BCUT2D eigenvalue weighted by Crippen LogP contribution is 2.31. The summed E-state index contributed by atoms with van der Waals surface area (Å²) in [5.41, 5.74) is 0. The van der Waals surface area contributed by atoms with Gasteiger partial charge in [0.1, 0.15) is 11.5 Å². The first-order valence-corrected chi connectivity index (χ1v) is 3.44. The molecule has 0 aromatic heterocycles. The van der Waals surface area contributed by atoms with E-state index in [1.165, 1.54) is 12.1 Å². The minimum atomic E-state index is -0.0429. The van der Waals surface area contributed by atoms with Crippen LogP contribution in [0, 0.1) is 0 Å². The third-order valence-corrected chi connectivity index (χ3v) is 1.79. The summed E-state index contributed by atoms with van der Waals surface area (Å²) in [6.07, 6.45) is 0. The molecule has 0 aliphatic carbocycles. The third kappa shape index (κ3) is 1.33. The maximum atomic E-state index is 8.95. The molecule has 0 bridgehead atoms. The van der Waals surface area contributed by atoms with E-state index < -0.39 is 0 Å². The number of rotatable bonds is 0. The van der Waals surface area contributed by atoms with E-state index in [0.717, 1.165) is 0 Å². The van der Waals surface area contributed by atoms with Crippen molar-refractivity contribution in [2.45, 2.75) is 9.79 Å². The minimum Gasteiger partial charge on any atom is -0.507 e. The summed E-state index contributed by atoms with van der Waals surface area (Å²) < 4.78 is 0. The largest absolute Gasteiger partial charge is 0.507 e. The average Bonchev–Trinajstić information content (AvgIpc) is 1.84. The molecular weight excluding hydrogens is 168 g/mol. The normalized spacial score (nSPS) is 9.80. The maximum absolute atomic E-state index is 8.95. The first-order valence-electron chi connectivity index (χ1n) is 2.55. The van der Waals surface area contributed by atoms with Crippen LogP contribution in [0.5, 0.6) is 11.5 Å². The number of hydrogen-bond acceptors (Lipinski definition) is 4. The predicted octanol–water partition coefficient (Wildman–Crippen LogP) is 1.68. The molecule has 0 aliphatic rings. The van der Waals surface area contributed by atoms with Crippen molar-refractivity contribution in [3.63, 3.8) is 0 Å². The van der Waals surface area contributed by atoms with Crippen LogP contribution in [0.25, 0.3) is 0 Å². The van der Waals surface area contributed by atoms with Crippen LogP contribution >= 0.6 is 25.3 Å². The van der Waals surface area contributed by atoms with Crippen LogP contribution in [0.3, 0.4) is 0 Å². The van der Waals surface area contributed by atoms with Crippen molar-refractivity contribution in [2.75, 3.05) is 0 Å². The summed E-state index contributed by atoms with van der Waals surface area (Å²) in [6, 6.07) is 2.67. The van der Waals surface area contributed by atoms with E-state index in [1.807, 2.05) is 0 Å². The molecule has 0 saturated carbocycles. The van der Waals surface area contributed by atoms with Crippen molar-refractivity contribution in [1.82, 2.24) is 0 Å². The van der Waals surface area contributed by atoms with Gasteiger partial charge in [-0.05, 0) is 6.07 Å². The molecule has 0 radical (unpaired) electrons. The van der Waals surface area contributed by atoms with Gasteiger partial charge < -0.3 is 10.2 Å². The highest BCUT2D eigenvalue weighted by Gasteiger charge is 2.01. The lowest BCUT2D eigenvalue weighted by Crippen LogP contribution is -1.72. The van der Waals surface area contributed by atoms with E-state index in [4.69, 9.17) is 10.2 Å². The standard InChI is InChI=1S/C6H6O2S2/c7-3-1-4(8)6(10)2-5(3)9/h1-2,7-10H. The van der Waals surface area contributed by atoms with Crippen molar-refractivity contribution in [1.29, 1.82) is 0 Å². The van der Waals surface area contributed by atoms with Crippen LogP contribution in [0.4, 0.5) is 0 Å². The summed E-state index contributed by atoms with van der Waals surface area (Å²) in [5, 5.41) is 17.9. The lowest BCUT2D eigenvalue weighted by molar-refractivity contribution is 0.434. The molecular formula is C6H6O2S2. The number of hydrogen-bond donors (Lipinski definition) is 4. The summed E-state index contributed by atoms with van der Waals surface area (Å²) in [6.45, 7) is 0. The molecule has 10 heavy (non-hydrogen) atoms. The summed E-state index contributed by atoms with van der Waals surface area (Å²) >= 11 is 7.81. The van der Waals surface area contributed by atoms with Gasteiger partial charge in [-0.1, -0.05) is 0 Å². The Kier molecular flexibility index (Phi) is 2.01. The highest BCUT2D eigenvalue weighted by atomic mass is 32.1. The summed E-state index contributed by atoms with van der Waals surface area (Å²) in [7, 11) is 0. The molecule has 1 rings (SSSR count). The van der Waals surface area contributed by atoms with Gasteiger partial charge >= 0.3 is 0 Å². The molecule has 1 aromatic carbocycles. The van der Waals surface area contributed by atoms with Crippen LogP contribution < -0.4 is 0 Å². The molecule has 2 N–H and O–H groups in total. The predicted molar refractivity (Wildman–Crippen MR) is 44.3 cm³/mol. The van der Waals surface area contributed by atoms with Crippen LogP contribution in [0.2, 0.25) is 0 Å². The molecule has 0 aliphatic heterocycles. The van der Waals surface area contributed by atoms with Gasteiger partial charge in [0.05, 0.1) is 0 Å². The summed E-state index contributed by atoms with van der Waals surface area (Å²) in [4.78, 5) is 0.811. The molecule has 0 heterocycles. The third-order valence-electron chi connectivity index (χ3n) is 1.07. The van der Waals surface area contributed by atoms with Gasteiger partial charge in [-0.15, -0.1) is 25.3 Å². The number of benzene rings is 1. The molecule has 0 spiro atoms. The van der Waals surface area contributed by atoms with Crippen LogP contribution in [-0.2, 0) is 0 Å². The molecule has 2 nitrogen and oxygen atoms in total. The van der Waals surface area contributed by atoms with Gasteiger partial charge in [-0.3, -0.25) is 0 Å².